The summed E-state index contributed by atoms with van der Waals surface area (Å²) in [6.07, 6.45) is 1.17. The zero-order chi connectivity index (χ0) is 19.5. The Morgan fingerprint density at radius 3 is 2.75 bits per heavy atom. The maximum atomic E-state index is 12.7. The number of para-hydroxylation sites is 1. The number of ether oxygens (including phenoxy) is 1. The van der Waals surface area contributed by atoms with E-state index in [0.717, 1.165) is 34.3 Å². The van der Waals surface area contributed by atoms with Crippen molar-refractivity contribution in [3.63, 3.8) is 0 Å². The van der Waals surface area contributed by atoms with Crippen LogP contribution in [0.25, 0.3) is 10.9 Å². The van der Waals surface area contributed by atoms with Gasteiger partial charge < -0.3 is 19.9 Å². The highest BCUT2D eigenvalue weighted by atomic mass is 16.5. The van der Waals surface area contributed by atoms with Gasteiger partial charge in [-0.05, 0) is 30.3 Å². The predicted octanol–water partition coefficient (Wildman–Crippen LogP) is 3.48. The summed E-state index contributed by atoms with van der Waals surface area (Å²) >= 11 is 0. The molecule has 0 atom stereocenters. The van der Waals surface area contributed by atoms with Crippen LogP contribution >= 0.6 is 0 Å². The molecule has 0 spiro atoms. The average molecular weight is 377 g/mol. The first-order valence-corrected chi connectivity index (χ1v) is 9.44. The predicted molar refractivity (Wildman–Crippen MR) is 108 cm³/mol. The summed E-state index contributed by atoms with van der Waals surface area (Å²) in [6, 6.07) is 15.2. The van der Waals surface area contributed by atoms with E-state index < -0.39 is 0 Å². The molecule has 4 rings (SSSR count). The molecule has 0 aliphatic carbocycles. The van der Waals surface area contributed by atoms with Gasteiger partial charge in [-0.2, -0.15) is 0 Å². The molecule has 144 valence electrons. The molecule has 2 N–H and O–H groups in total. The van der Waals surface area contributed by atoms with Gasteiger partial charge in [0.1, 0.15) is 5.75 Å². The van der Waals surface area contributed by atoms with E-state index in [2.05, 4.69) is 10.3 Å². The molecule has 28 heavy (non-hydrogen) atoms. The van der Waals surface area contributed by atoms with Crippen LogP contribution in [0.5, 0.6) is 5.75 Å². The van der Waals surface area contributed by atoms with Crippen molar-refractivity contribution in [2.24, 2.45) is 0 Å². The van der Waals surface area contributed by atoms with Gasteiger partial charge in [0.25, 0.3) is 0 Å². The molecule has 2 aromatic carbocycles. The number of H-pyrrole nitrogens is 1. The van der Waals surface area contributed by atoms with Crippen LogP contribution in [-0.2, 0) is 22.6 Å². The van der Waals surface area contributed by atoms with Crippen molar-refractivity contribution >= 4 is 28.4 Å². The lowest BCUT2D eigenvalue weighted by Gasteiger charge is -2.27. The van der Waals surface area contributed by atoms with Crippen molar-refractivity contribution in [2.45, 2.75) is 25.8 Å². The van der Waals surface area contributed by atoms with Crippen molar-refractivity contribution in [1.82, 2.24) is 9.88 Å². The minimum Gasteiger partial charge on any atom is -0.497 e. The van der Waals surface area contributed by atoms with E-state index in [9.17, 15) is 9.59 Å². The number of rotatable bonds is 5. The Kier molecular flexibility index (Phi) is 5.02. The number of aromatic amines is 1. The molecule has 1 aliphatic rings. The van der Waals surface area contributed by atoms with E-state index in [1.807, 2.05) is 53.4 Å². The van der Waals surface area contributed by atoms with Gasteiger partial charge in [-0.15, -0.1) is 0 Å². The molecule has 0 bridgehead atoms. The van der Waals surface area contributed by atoms with Gasteiger partial charge in [0.2, 0.25) is 11.8 Å². The number of aromatic nitrogens is 1. The number of benzene rings is 2. The zero-order valence-corrected chi connectivity index (χ0v) is 15.8. The van der Waals surface area contributed by atoms with Crippen LogP contribution in [0, 0.1) is 0 Å². The molecule has 6 heteroatoms. The molecule has 6 nitrogen and oxygen atoms in total. The van der Waals surface area contributed by atoms with Gasteiger partial charge in [0.15, 0.2) is 0 Å². The maximum absolute atomic E-state index is 12.7. The number of carbonyl (C=O) groups is 2. The fraction of sp³-hybridized carbons (Fsp3) is 0.273. The Hall–Kier alpha value is -3.28. The summed E-state index contributed by atoms with van der Waals surface area (Å²) < 4.78 is 5.33. The maximum Gasteiger partial charge on any atom is 0.224 e. The molecular formula is C22H23N3O3. The van der Waals surface area contributed by atoms with Gasteiger partial charge in [0.05, 0.1) is 7.11 Å². The Morgan fingerprint density at radius 2 is 1.96 bits per heavy atom. The highest BCUT2D eigenvalue weighted by Crippen LogP contribution is 2.30. The van der Waals surface area contributed by atoms with Crippen molar-refractivity contribution < 1.29 is 14.3 Å². The third-order valence-electron chi connectivity index (χ3n) is 5.16. The average Bonchev–Trinajstić information content (AvgIpc) is 3.09. The van der Waals surface area contributed by atoms with Crippen LogP contribution in [0.1, 0.15) is 24.1 Å². The van der Waals surface area contributed by atoms with Crippen molar-refractivity contribution in [2.75, 3.05) is 19.0 Å². The lowest BCUT2D eigenvalue weighted by atomic mass is 10.0. The van der Waals surface area contributed by atoms with E-state index in [1.54, 1.807) is 7.11 Å². The number of anilines is 1. The van der Waals surface area contributed by atoms with E-state index >= 15 is 0 Å². The third kappa shape index (κ3) is 3.71. The molecule has 2 heterocycles. The lowest BCUT2D eigenvalue weighted by molar-refractivity contribution is -0.133. The number of fused-ring (bicyclic) bond motifs is 3. The normalized spacial score (nSPS) is 13.2. The highest BCUT2D eigenvalue weighted by Gasteiger charge is 2.24. The number of nitrogens with one attached hydrogen (secondary N) is 2. The monoisotopic (exact) mass is 377 g/mol. The number of amides is 2. The Balaban J connectivity index is 1.39. The van der Waals surface area contributed by atoms with Crippen molar-refractivity contribution in [3.8, 4) is 5.75 Å². The smallest absolute Gasteiger partial charge is 0.224 e. The first kappa shape index (κ1) is 18.1. The second-order valence-electron chi connectivity index (χ2n) is 6.97. The van der Waals surface area contributed by atoms with Gasteiger partial charge in [-0.1, -0.05) is 18.2 Å². The summed E-state index contributed by atoms with van der Waals surface area (Å²) in [5.41, 5.74) is 4.12. The first-order chi connectivity index (χ1) is 13.6. The third-order valence-corrected chi connectivity index (χ3v) is 5.16. The Labute approximate surface area is 163 Å². The van der Waals surface area contributed by atoms with Crippen molar-refractivity contribution in [3.05, 3.63) is 59.8 Å². The zero-order valence-electron chi connectivity index (χ0n) is 15.8. The molecule has 1 aromatic heterocycles. The van der Waals surface area contributed by atoms with Gasteiger partial charge in [0, 0.05) is 60.2 Å². The standard InChI is InChI=1S/C22H23N3O3/c1-28-16-7-8-19-17(13-16)18-14-25(12-11-20(18)24-19)22(27)10-9-21(26)23-15-5-3-2-4-6-15/h2-8,13,24H,9-12,14H2,1H3,(H,23,26). The quantitative estimate of drug-likeness (QED) is 0.715. The van der Waals surface area contributed by atoms with E-state index in [1.165, 1.54) is 5.69 Å². The minimum absolute atomic E-state index is 0.00566. The van der Waals surface area contributed by atoms with E-state index in [4.69, 9.17) is 4.74 Å². The highest BCUT2D eigenvalue weighted by molar-refractivity contribution is 5.93. The molecule has 0 saturated carbocycles. The number of methoxy groups -OCH3 is 1. The van der Waals surface area contributed by atoms with Crippen LogP contribution < -0.4 is 10.1 Å². The van der Waals surface area contributed by atoms with Gasteiger partial charge in [-0.25, -0.2) is 0 Å². The Morgan fingerprint density at radius 1 is 1.14 bits per heavy atom. The van der Waals surface area contributed by atoms with Crippen molar-refractivity contribution in [1.29, 1.82) is 0 Å². The fourth-order valence-electron chi connectivity index (χ4n) is 3.66. The molecular weight excluding hydrogens is 354 g/mol. The van der Waals surface area contributed by atoms with Crippen LogP contribution in [-0.4, -0.2) is 35.4 Å². The second kappa shape index (κ2) is 7.76. The van der Waals surface area contributed by atoms with E-state index in [0.29, 0.717) is 13.1 Å². The van der Waals surface area contributed by atoms with Gasteiger partial charge >= 0.3 is 0 Å². The first-order valence-electron chi connectivity index (χ1n) is 9.44. The summed E-state index contributed by atoms with van der Waals surface area (Å²) in [5.74, 6) is 0.663. The largest absolute Gasteiger partial charge is 0.497 e. The molecule has 0 radical (unpaired) electrons. The molecule has 0 fully saturated rings. The molecule has 2 amide bonds. The molecule has 1 aliphatic heterocycles. The SMILES string of the molecule is COc1ccc2[nH]c3c(c2c1)CN(C(=O)CCC(=O)Nc1ccccc1)CC3. The molecule has 0 unspecified atom stereocenters. The number of hydrogen-bond acceptors (Lipinski definition) is 3. The molecule has 0 saturated heterocycles. The van der Waals surface area contributed by atoms with Crippen LogP contribution in [0.4, 0.5) is 5.69 Å². The minimum atomic E-state index is -0.144. The summed E-state index contributed by atoms with van der Waals surface area (Å²) in [7, 11) is 1.65. The number of hydrogen-bond donors (Lipinski definition) is 2. The van der Waals surface area contributed by atoms with Crippen LogP contribution in [0.2, 0.25) is 0 Å². The number of nitrogens with zero attached hydrogens (tertiary/aromatic N) is 1. The summed E-state index contributed by atoms with van der Waals surface area (Å²) in [6.45, 7) is 1.22. The van der Waals surface area contributed by atoms with Crippen LogP contribution in [0.15, 0.2) is 48.5 Å². The van der Waals surface area contributed by atoms with Crippen LogP contribution in [0.3, 0.4) is 0 Å². The molecule has 3 aromatic rings. The van der Waals surface area contributed by atoms with Gasteiger partial charge in [-0.3, -0.25) is 9.59 Å². The lowest BCUT2D eigenvalue weighted by Crippen LogP contribution is -2.36. The topological polar surface area (TPSA) is 74.4 Å². The second-order valence-corrected chi connectivity index (χ2v) is 6.97. The Bertz CT molecular complexity index is 1010. The summed E-state index contributed by atoms with van der Waals surface area (Å²) in [5, 5.41) is 3.91. The fourth-order valence-corrected chi connectivity index (χ4v) is 3.66. The van der Waals surface area contributed by atoms with E-state index in [-0.39, 0.29) is 24.7 Å². The summed E-state index contributed by atoms with van der Waals surface area (Å²) in [4.78, 5) is 30.0. The number of carbonyl (C=O) groups excluding carboxylic acids is 2.